The van der Waals surface area contributed by atoms with Gasteiger partial charge in [0.2, 0.25) is 0 Å². The molecule has 1 spiro atoms. The Labute approximate surface area is 216 Å². The average molecular weight is 507 g/mol. The minimum Gasteiger partial charge on any atom is -0.394 e. The van der Waals surface area contributed by atoms with Gasteiger partial charge in [-0.25, -0.2) is 15.0 Å². The number of aliphatic hydroxyl groups is 1. The predicted octanol–water partition coefficient (Wildman–Crippen LogP) is 2.40. The molecule has 2 aromatic heterocycles. The first kappa shape index (κ1) is 25.2. The highest BCUT2D eigenvalue weighted by atomic mass is 16.5. The number of nitrogens with zero attached hydrogens (tertiary/aromatic N) is 6. The van der Waals surface area contributed by atoms with Gasteiger partial charge < -0.3 is 30.3 Å². The van der Waals surface area contributed by atoms with Gasteiger partial charge in [-0.1, -0.05) is 0 Å². The van der Waals surface area contributed by atoms with E-state index in [4.69, 9.17) is 9.72 Å². The van der Waals surface area contributed by atoms with Crippen LogP contribution in [0.25, 0.3) is 0 Å². The molecule has 1 amide bonds. The monoisotopic (exact) mass is 506 g/mol. The van der Waals surface area contributed by atoms with E-state index in [1.54, 1.807) is 12.1 Å². The lowest BCUT2D eigenvalue weighted by molar-refractivity contribution is 0.102. The number of nitriles is 1. The smallest absolute Gasteiger partial charge is 0.279 e. The van der Waals surface area contributed by atoms with Crippen molar-refractivity contribution < 1.29 is 14.6 Å². The number of piperidine rings is 1. The quantitative estimate of drug-likeness (QED) is 0.513. The number of ether oxygens (including phenoxy) is 1. The van der Waals surface area contributed by atoms with Gasteiger partial charge in [-0.05, 0) is 57.1 Å². The summed E-state index contributed by atoms with van der Waals surface area (Å²) in [5.41, 5.74) is 0.497. The molecule has 2 saturated heterocycles. The second-order valence-electron chi connectivity index (χ2n) is 10.8. The Balaban J connectivity index is 1.42. The van der Waals surface area contributed by atoms with Crippen molar-refractivity contribution in [3.05, 3.63) is 29.6 Å². The first-order valence-electron chi connectivity index (χ1n) is 12.9. The van der Waals surface area contributed by atoms with E-state index in [1.807, 2.05) is 18.7 Å². The summed E-state index contributed by atoms with van der Waals surface area (Å²) in [6.45, 7) is 7.79. The van der Waals surface area contributed by atoms with Crippen molar-refractivity contribution in [2.45, 2.75) is 45.1 Å². The molecule has 3 N–H and O–H groups in total. The summed E-state index contributed by atoms with van der Waals surface area (Å²) in [6.07, 6.45) is 6.21. The van der Waals surface area contributed by atoms with Crippen LogP contribution in [0, 0.1) is 16.7 Å². The highest BCUT2D eigenvalue weighted by Crippen LogP contribution is 2.54. The molecule has 11 nitrogen and oxygen atoms in total. The summed E-state index contributed by atoms with van der Waals surface area (Å²) in [5.74, 6) is 1.49. The SMILES string of the molecule is CC(C)(CO)Nc1cnc(C(=O)Nc2cc(C#N)cc(N3CCOCC3)n2)c(N2CCC3(CC2)CC3)n1. The third-order valence-corrected chi connectivity index (χ3v) is 7.43. The van der Waals surface area contributed by atoms with Crippen LogP contribution < -0.4 is 20.4 Å². The molecular weight excluding hydrogens is 472 g/mol. The van der Waals surface area contributed by atoms with Gasteiger partial charge in [-0.3, -0.25) is 4.79 Å². The van der Waals surface area contributed by atoms with Crippen LogP contribution in [0.1, 0.15) is 55.6 Å². The van der Waals surface area contributed by atoms with Gasteiger partial charge in [0.15, 0.2) is 11.5 Å². The Hall–Kier alpha value is -3.49. The van der Waals surface area contributed by atoms with Gasteiger partial charge in [0.1, 0.15) is 17.5 Å². The zero-order valence-electron chi connectivity index (χ0n) is 21.5. The fourth-order valence-corrected chi connectivity index (χ4v) is 4.85. The molecule has 0 aromatic carbocycles. The molecule has 37 heavy (non-hydrogen) atoms. The molecule has 4 heterocycles. The highest BCUT2D eigenvalue weighted by molar-refractivity contribution is 6.06. The zero-order chi connectivity index (χ0) is 26.0. The number of aromatic nitrogens is 3. The van der Waals surface area contributed by atoms with Gasteiger partial charge in [0.25, 0.3) is 5.91 Å². The molecule has 1 aliphatic carbocycles. The van der Waals surface area contributed by atoms with Crippen LogP contribution in [-0.4, -0.2) is 77.5 Å². The number of morpholine rings is 1. The fraction of sp³-hybridized carbons (Fsp3) is 0.577. The molecule has 5 rings (SSSR count). The number of hydrogen-bond acceptors (Lipinski definition) is 10. The van der Waals surface area contributed by atoms with E-state index in [0.717, 1.165) is 25.9 Å². The number of carbonyl (C=O) groups is 1. The number of amides is 1. The minimum absolute atomic E-state index is 0.0785. The maximum absolute atomic E-state index is 13.5. The Morgan fingerprint density at radius 1 is 1.11 bits per heavy atom. The molecule has 0 atom stereocenters. The maximum atomic E-state index is 13.5. The molecule has 11 heteroatoms. The summed E-state index contributed by atoms with van der Waals surface area (Å²) < 4.78 is 5.42. The summed E-state index contributed by atoms with van der Waals surface area (Å²) >= 11 is 0. The molecule has 3 fully saturated rings. The topological polar surface area (TPSA) is 140 Å². The lowest BCUT2D eigenvalue weighted by Crippen LogP contribution is -2.38. The molecule has 1 saturated carbocycles. The van der Waals surface area contributed by atoms with E-state index in [9.17, 15) is 15.2 Å². The molecule has 3 aliphatic rings. The molecule has 196 valence electrons. The Kier molecular flexibility index (Phi) is 6.88. The number of nitrogens with one attached hydrogen (secondary N) is 2. The number of hydrogen-bond donors (Lipinski definition) is 3. The summed E-state index contributed by atoms with van der Waals surface area (Å²) in [6, 6.07) is 5.44. The Morgan fingerprint density at radius 3 is 2.49 bits per heavy atom. The van der Waals surface area contributed by atoms with Crippen LogP contribution in [-0.2, 0) is 4.74 Å². The van der Waals surface area contributed by atoms with Gasteiger partial charge in [0, 0.05) is 26.2 Å². The van der Waals surface area contributed by atoms with Crippen LogP contribution in [0.5, 0.6) is 0 Å². The van der Waals surface area contributed by atoms with Crippen molar-refractivity contribution in [3.63, 3.8) is 0 Å². The van der Waals surface area contributed by atoms with Crippen molar-refractivity contribution >= 4 is 29.2 Å². The van der Waals surface area contributed by atoms with Crippen molar-refractivity contribution in [3.8, 4) is 6.07 Å². The first-order valence-corrected chi connectivity index (χ1v) is 12.9. The van der Waals surface area contributed by atoms with Crippen LogP contribution in [0.15, 0.2) is 18.3 Å². The maximum Gasteiger partial charge on any atom is 0.279 e. The van der Waals surface area contributed by atoms with Crippen LogP contribution >= 0.6 is 0 Å². The Bertz CT molecular complexity index is 1190. The number of anilines is 4. The van der Waals surface area contributed by atoms with Crippen molar-refractivity contribution in [1.82, 2.24) is 15.0 Å². The van der Waals surface area contributed by atoms with Gasteiger partial charge in [0.05, 0.1) is 43.2 Å². The normalized spacial score (nSPS) is 18.9. The fourth-order valence-electron chi connectivity index (χ4n) is 4.85. The Morgan fingerprint density at radius 2 is 1.84 bits per heavy atom. The van der Waals surface area contributed by atoms with Gasteiger partial charge >= 0.3 is 0 Å². The standard InChI is InChI=1S/C26H34N8O3/c1-25(2,17-35)32-20-16-28-22(23(30-20)34-7-5-26(3-4-26)6-8-34)24(36)31-19-13-18(15-27)14-21(29-19)33-9-11-37-12-10-33/h13-14,16,35H,3-12,17H2,1-2H3,(H,30,32)(H,29,31,36). The summed E-state index contributed by atoms with van der Waals surface area (Å²) in [5, 5.41) is 25.3. The van der Waals surface area contributed by atoms with Gasteiger partial charge in [-0.15, -0.1) is 0 Å². The number of aliphatic hydroxyl groups excluding tert-OH is 1. The highest BCUT2D eigenvalue weighted by Gasteiger charge is 2.45. The third kappa shape index (κ3) is 5.76. The summed E-state index contributed by atoms with van der Waals surface area (Å²) in [4.78, 5) is 31.5. The molecule has 2 aliphatic heterocycles. The lowest BCUT2D eigenvalue weighted by Gasteiger charge is -2.34. The number of pyridine rings is 1. The second-order valence-corrected chi connectivity index (χ2v) is 10.8. The van der Waals surface area contributed by atoms with E-state index < -0.39 is 11.4 Å². The van der Waals surface area contributed by atoms with Crippen LogP contribution in [0.3, 0.4) is 0 Å². The average Bonchev–Trinajstić information content (AvgIpc) is 3.67. The van der Waals surface area contributed by atoms with E-state index in [1.165, 1.54) is 19.0 Å². The minimum atomic E-state index is -0.590. The van der Waals surface area contributed by atoms with E-state index >= 15 is 0 Å². The molecule has 0 radical (unpaired) electrons. The first-order chi connectivity index (χ1) is 17.8. The van der Waals surface area contributed by atoms with Crippen LogP contribution in [0.2, 0.25) is 0 Å². The molecule has 0 bridgehead atoms. The predicted molar refractivity (Wildman–Crippen MR) is 140 cm³/mol. The van der Waals surface area contributed by atoms with E-state index in [2.05, 4.69) is 31.6 Å². The number of carbonyl (C=O) groups excluding carboxylic acids is 1. The number of rotatable bonds is 7. The van der Waals surface area contributed by atoms with E-state index in [0.29, 0.717) is 54.7 Å². The van der Waals surface area contributed by atoms with E-state index in [-0.39, 0.29) is 18.1 Å². The zero-order valence-corrected chi connectivity index (χ0v) is 21.5. The van der Waals surface area contributed by atoms with Crippen molar-refractivity contribution in [2.24, 2.45) is 5.41 Å². The molecular formula is C26H34N8O3. The van der Waals surface area contributed by atoms with Gasteiger partial charge in [-0.2, -0.15) is 5.26 Å². The third-order valence-electron chi connectivity index (χ3n) is 7.43. The van der Waals surface area contributed by atoms with Crippen molar-refractivity contribution in [2.75, 3.05) is 66.4 Å². The summed E-state index contributed by atoms with van der Waals surface area (Å²) in [7, 11) is 0. The van der Waals surface area contributed by atoms with Crippen LogP contribution in [0.4, 0.5) is 23.3 Å². The van der Waals surface area contributed by atoms with Crippen molar-refractivity contribution in [1.29, 1.82) is 5.26 Å². The molecule has 2 aromatic rings. The lowest BCUT2D eigenvalue weighted by atomic mass is 9.93. The molecule has 0 unspecified atom stereocenters. The second kappa shape index (κ2) is 10.1. The largest absolute Gasteiger partial charge is 0.394 e.